The quantitative estimate of drug-likeness (QED) is 0.915. The molecule has 0 saturated carbocycles. The fourth-order valence-electron chi connectivity index (χ4n) is 1.94. The molecule has 112 valence electrons. The van der Waals surface area contributed by atoms with Gasteiger partial charge in [-0.05, 0) is 25.0 Å². The number of urea groups is 1. The molecule has 0 saturated heterocycles. The van der Waals surface area contributed by atoms with Crippen LogP contribution >= 0.6 is 22.9 Å². The van der Waals surface area contributed by atoms with Gasteiger partial charge in [-0.1, -0.05) is 29.8 Å². The molecule has 1 aromatic carbocycles. The van der Waals surface area contributed by atoms with Gasteiger partial charge >= 0.3 is 6.03 Å². The van der Waals surface area contributed by atoms with Crippen molar-refractivity contribution in [3.8, 4) is 0 Å². The van der Waals surface area contributed by atoms with Crippen LogP contribution in [-0.2, 0) is 13.0 Å². The Hall–Kier alpha value is -1.59. The molecule has 2 aromatic rings. The summed E-state index contributed by atoms with van der Waals surface area (Å²) >= 11 is 7.67. The second kappa shape index (κ2) is 7.43. The lowest BCUT2D eigenvalue weighted by Crippen LogP contribution is -2.37. The highest BCUT2D eigenvalue weighted by Gasteiger charge is 2.10. The Morgan fingerprint density at radius 1 is 1.43 bits per heavy atom. The number of aromatic nitrogens is 1. The van der Waals surface area contributed by atoms with Crippen LogP contribution in [0.1, 0.15) is 16.3 Å². The van der Waals surface area contributed by atoms with Crippen LogP contribution in [0.5, 0.6) is 0 Å². The number of carbonyl (C=O) groups excluding carboxylic acids is 1. The minimum Gasteiger partial charge on any atom is -0.338 e. The number of nitrogens with one attached hydrogen (secondary N) is 1. The predicted molar refractivity (Wildman–Crippen MR) is 86.9 cm³/mol. The smallest absolute Gasteiger partial charge is 0.317 e. The van der Waals surface area contributed by atoms with Crippen LogP contribution in [-0.4, -0.2) is 29.5 Å². The van der Waals surface area contributed by atoms with Crippen molar-refractivity contribution in [3.63, 3.8) is 0 Å². The van der Waals surface area contributed by atoms with Gasteiger partial charge in [-0.25, -0.2) is 9.78 Å². The normalized spacial score (nSPS) is 10.4. The van der Waals surface area contributed by atoms with Gasteiger partial charge in [0.2, 0.25) is 0 Å². The molecule has 0 spiro atoms. The third-order valence-electron chi connectivity index (χ3n) is 3.04. The topological polar surface area (TPSA) is 45.2 Å². The third kappa shape index (κ3) is 4.72. The van der Waals surface area contributed by atoms with Gasteiger partial charge in [-0.3, -0.25) is 0 Å². The summed E-state index contributed by atoms with van der Waals surface area (Å²) in [6.45, 7) is 3.03. The summed E-state index contributed by atoms with van der Waals surface area (Å²) in [5.74, 6) is 0. The summed E-state index contributed by atoms with van der Waals surface area (Å²) < 4.78 is 0. The SMILES string of the molecule is Cc1nc(CN(C)C(=O)NCCc2ccccc2Cl)cs1. The molecular formula is C15H18ClN3OS. The summed E-state index contributed by atoms with van der Waals surface area (Å²) in [4.78, 5) is 18.0. The van der Waals surface area contributed by atoms with Crippen molar-refractivity contribution >= 4 is 29.0 Å². The van der Waals surface area contributed by atoms with Crippen molar-refractivity contribution in [2.24, 2.45) is 0 Å². The molecule has 1 aromatic heterocycles. The molecule has 0 unspecified atom stereocenters. The Morgan fingerprint density at radius 2 is 2.19 bits per heavy atom. The molecule has 2 amide bonds. The highest BCUT2D eigenvalue weighted by molar-refractivity contribution is 7.09. The van der Waals surface area contributed by atoms with E-state index >= 15 is 0 Å². The summed E-state index contributed by atoms with van der Waals surface area (Å²) in [6, 6.07) is 7.56. The van der Waals surface area contributed by atoms with Crippen LogP contribution in [0.3, 0.4) is 0 Å². The van der Waals surface area contributed by atoms with E-state index in [2.05, 4.69) is 10.3 Å². The molecule has 0 aliphatic heterocycles. The van der Waals surface area contributed by atoms with Gasteiger partial charge in [0.05, 0.1) is 17.2 Å². The lowest BCUT2D eigenvalue weighted by molar-refractivity contribution is 0.206. The van der Waals surface area contributed by atoms with E-state index in [4.69, 9.17) is 11.6 Å². The highest BCUT2D eigenvalue weighted by atomic mass is 35.5. The summed E-state index contributed by atoms with van der Waals surface area (Å²) in [5, 5.41) is 6.61. The van der Waals surface area contributed by atoms with Crippen molar-refractivity contribution in [1.82, 2.24) is 15.2 Å². The average molecular weight is 324 g/mol. The second-order valence-electron chi connectivity index (χ2n) is 4.79. The third-order valence-corrected chi connectivity index (χ3v) is 4.23. The Kier molecular flexibility index (Phi) is 5.59. The lowest BCUT2D eigenvalue weighted by atomic mass is 10.1. The van der Waals surface area contributed by atoms with Crippen LogP contribution < -0.4 is 5.32 Å². The molecule has 6 heteroatoms. The standard InChI is InChI=1S/C15H18ClN3OS/c1-11-18-13(10-21-11)9-19(2)15(20)17-8-7-12-5-3-4-6-14(12)16/h3-6,10H,7-9H2,1-2H3,(H,17,20). The number of rotatable bonds is 5. The van der Waals surface area contributed by atoms with Crippen LogP contribution in [0, 0.1) is 6.92 Å². The molecule has 2 rings (SSSR count). The number of hydrogen-bond acceptors (Lipinski definition) is 3. The molecule has 0 aliphatic carbocycles. The van der Waals surface area contributed by atoms with Crippen molar-refractivity contribution in [3.05, 3.63) is 50.9 Å². The Bertz CT molecular complexity index is 614. The fourth-order valence-corrected chi connectivity index (χ4v) is 2.77. The van der Waals surface area contributed by atoms with E-state index in [0.717, 1.165) is 27.7 Å². The first-order chi connectivity index (χ1) is 10.1. The first-order valence-corrected chi connectivity index (χ1v) is 7.95. The molecule has 0 aliphatic rings. The molecule has 1 N–H and O–H groups in total. The number of halogens is 1. The van der Waals surface area contributed by atoms with Crippen molar-refractivity contribution in [1.29, 1.82) is 0 Å². The average Bonchev–Trinajstić information content (AvgIpc) is 2.86. The minimum atomic E-state index is -0.104. The fraction of sp³-hybridized carbons (Fsp3) is 0.333. The van der Waals surface area contributed by atoms with Crippen LogP contribution in [0.4, 0.5) is 4.79 Å². The molecular weight excluding hydrogens is 306 g/mol. The van der Waals surface area contributed by atoms with Crippen LogP contribution in [0.25, 0.3) is 0 Å². The maximum atomic E-state index is 12.0. The number of thiazole rings is 1. The van der Waals surface area contributed by atoms with E-state index in [1.165, 1.54) is 0 Å². The van der Waals surface area contributed by atoms with Crippen molar-refractivity contribution < 1.29 is 4.79 Å². The first kappa shape index (κ1) is 15.8. The largest absolute Gasteiger partial charge is 0.338 e. The lowest BCUT2D eigenvalue weighted by Gasteiger charge is -2.17. The number of nitrogens with zero attached hydrogens (tertiary/aromatic N) is 2. The van der Waals surface area contributed by atoms with Gasteiger partial charge in [0, 0.05) is 24.0 Å². The highest BCUT2D eigenvalue weighted by Crippen LogP contribution is 2.15. The number of hydrogen-bond donors (Lipinski definition) is 1. The van der Waals surface area contributed by atoms with Gasteiger partial charge in [-0.15, -0.1) is 11.3 Å². The van der Waals surface area contributed by atoms with E-state index in [9.17, 15) is 4.79 Å². The van der Waals surface area contributed by atoms with Gasteiger partial charge in [0.1, 0.15) is 0 Å². The molecule has 0 bridgehead atoms. The van der Waals surface area contributed by atoms with Crippen molar-refractivity contribution in [2.45, 2.75) is 19.9 Å². The minimum absolute atomic E-state index is 0.104. The van der Waals surface area contributed by atoms with Gasteiger partial charge < -0.3 is 10.2 Å². The second-order valence-corrected chi connectivity index (χ2v) is 6.26. The van der Waals surface area contributed by atoms with E-state index in [1.807, 2.05) is 36.6 Å². The molecule has 0 fully saturated rings. The summed E-state index contributed by atoms with van der Waals surface area (Å²) in [6.07, 6.45) is 0.717. The maximum absolute atomic E-state index is 12.0. The number of carbonyl (C=O) groups is 1. The van der Waals surface area contributed by atoms with Crippen LogP contribution in [0.15, 0.2) is 29.6 Å². The summed E-state index contributed by atoms with van der Waals surface area (Å²) in [7, 11) is 1.76. The maximum Gasteiger partial charge on any atom is 0.317 e. The van der Waals surface area contributed by atoms with Gasteiger partial charge in [0.15, 0.2) is 0 Å². The van der Waals surface area contributed by atoms with E-state index in [0.29, 0.717) is 13.1 Å². The zero-order chi connectivity index (χ0) is 15.2. The predicted octanol–water partition coefficient (Wildman–Crippen LogP) is 3.49. The zero-order valence-electron chi connectivity index (χ0n) is 12.1. The molecule has 1 heterocycles. The van der Waals surface area contributed by atoms with Gasteiger partial charge in [0.25, 0.3) is 0 Å². The zero-order valence-corrected chi connectivity index (χ0v) is 13.7. The molecule has 0 atom stereocenters. The van der Waals surface area contributed by atoms with Crippen LogP contribution in [0.2, 0.25) is 5.02 Å². The number of aryl methyl sites for hydroxylation is 1. The van der Waals surface area contributed by atoms with Crippen molar-refractivity contribution in [2.75, 3.05) is 13.6 Å². The monoisotopic (exact) mass is 323 g/mol. The van der Waals surface area contributed by atoms with E-state index in [1.54, 1.807) is 23.3 Å². The van der Waals surface area contributed by atoms with Gasteiger partial charge in [-0.2, -0.15) is 0 Å². The molecule has 4 nitrogen and oxygen atoms in total. The Morgan fingerprint density at radius 3 is 2.86 bits per heavy atom. The van der Waals surface area contributed by atoms with E-state index < -0.39 is 0 Å². The first-order valence-electron chi connectivity index (χ1n) is 6.69. The molecule has 21 heavy (non-hydrogen) atoms. The summed E-state index contributed by atoms with van der Waals surface area (Å²) in [5.41, 5.74) is 1.96. The number of amides is 2. The molecule has 0 radical (unpaired) electrons. The Balaban J connectivity index is 1.77. The number of benzene rings is 1. The Labute approximate surface area is 133 Å². The van der Waals surface area contributed by atoms with E-state index in [-0.39, 0.29) is 6.03 Å².